The van der Waals surface area contributed by atoms with Gasteiger partial charge < -0.3 is 9.84 Å². The van der Waals surface area contributed by atoms with E-state index in [-0.39, 0.29) is 6.61 Å². The van der Waals surface area contributed by atoms with Gasteiger partial charge in [-0.05, 0) is 25.6 Å². The highest BCUT2D eigenvalue weighted by Crippen LogP contribution is 2.17. The average molecular weight is 318 g/mol. The lowest BCUT2D eigenvalue weighted by Gasteiger charge is -2.20. The summed E-state index contributed by atoms with van der Waals surface area (Å²) >= 11 is 0. The van der Waals surface area contributed by atoms with Gasteiger partial charge in [-0.25, -0.2) is 14.5 Å². The molecule has 7 heteroatoms. The molecule has 7 nitrogen and oxygen atoms in total. The molecular weight excluding hydrogens is 296 g/mol. The van der Waals surface area contributed by atoms with E-state index in [1.54, 1.807) is 17.8 Å². The summed E-state index contributed by atoms with van der Waals surface area (Å²) in [6.45, 7) is 5.87. The third-order valence-corrected chi connectivity index (χ3v) is 3.47. The molecule has 0 bridgehead atoms. The largest absolute Gasteiger partial charge is 0.462 e. The Kier molecular flexibility index (Phi) is 6.25. The molecule has 1 N–H and O–H groups in total. The number of nitrogens with zero attached hydrogens (tertiary/aromatic N) is 4. The summed E-state index contributed by atoms with van der Waals surface area (Å²) in [5, 5.41) is 13.5. The van der Waals surface area contributed by atoms with Crippen molar-refractivity contribution >= 4 is 5.97 Å². The number of carbonyl (C=O) groups is 1. The van der Waals surface area contributed by atoms with E-state index in [0.29, 0.717) is 36.8 Å². The predicted octanol–water partition coefficient (Wildman–Crippen LogP) is 1.26. The molecule has 0 fully saturated rings. The molecule has 0 spiro atoms. The normalized spacial score (nSPS) is 11.0. The highest BCUT2D eigenvalue weighted by molar-refractivity contribution is 5.90. The van der Waals surface area contributed by atoms with Crippen molar-refractivity contribution in [2.75, 3.05) is 26.3 Å². The first kappa shape index (κ1) is 17.1. The number of pyridine rings is 1. The number of hydrogen-bond acceptors (Lipinski definition) is 6. The summed E-state index contributed by atoms with van der Waals surface area (Å²) in [6, 6.07) is 5.51. The lowest BCUT2D eigenvalue weighted by molar-refractivity contribution is 0.0523. The molecule has 124 valence electrons. The fourth-order valence-corrected chi connectivity index (χ4v) is 2.28. The molecule has 0 aliphatic carbocycles. The smallest absolute Gasteiger partial charge is 0.341 e. The second-order valence-electron chi connectivity index (χ2n) is 4.92. The zero-order valence-corrected chi connectivity index (χ0v) is 13.5. The monoisotopic (exact) mass is 318 g/mol. The standard InChI is InChI=1S/C16H22N4O3/c1-3-19(9-10-21)12-14-13(16(22)23-4-2)11-18-20(14)15-7-5-6-8-17-15/h5-8,11,21H,3-4,9-10,12H2,1-2H3. The van der Waals surface area contributed by atoms with Gasteiger partial charge in [0, 0.05) is 19.3 Å². The van der Waals surface area contributed by atoms with Gasteiger partial charge in [0.25, 0.3) is 0 Å². The van der Waals surface area contributed by atoms with E-state index in [0.717, 1.165) is 6.54 Å². The number of likely N-dealkylation sites (N-methyl/N-ethyl adjacent to an activating group) is 1. The quantitative estimate of drug-likeness (QED) is 0.738. The fraction of sp³-hybridized carbons (Fsp3) is 0.438. The van der Waals surface area contributed by atoms with Gasteiger partial charge in [-0.15, -0.1) is 0 Å². The van der Waals surface area contributed by atoms with Crippen molar-refractivity contribution < 1.29 is 14.6 Å². The van der Waals surface area contributed by atoms with Crippen molar-refractivity contribution in [2.45, 2.75) is 20.4 Å². The molecule has 0 atom stereocenters. The first-order valence-electron chi connectivity index (χ1n) is 7.69. The van der Waals surface area contributed by atoms with Crippen molar-refractivity contribution in [2.24, 2.45) is 0 Å². The third-order valence-electron chi connectivity index (χ3n) is 3.47. The molecule has 0 aliphatic rings. The highest BCUT2D eigenvalue weighted by Gasteiger charge is 2.21. The number of aliphatic hydroxyl groups excluding tert-OH is 1. The van der Waals surface area contributed by atoms with Crippen LogP contribution in [0.1, 0.15) is 29.9 Å². The number of hydrogen-bond donors (Lipinski definition) is 1. The van der Waals surface area contributed by atoms with Crippen molar-refractivity contribution in [3.63, 3.8) is 0 Å². The molecule has 0 aromatic carbocycles. The van der Waals surface area contributed by atoms with Crippen LogP contribution in [0.4, 0.5) is 0 Å². The van der Waals surface area contributed by atoms with E-state index < -0.39 is 5.97 Å². The molecule has 0 radical (unpaired) electrons. The third kappa shape index (κ3) is 4.14. The van der Waals surface area contributed by atoms with Crippen LogP contribution >= 0.6 is 0 Å². The van der Waals surface area contributed by atoms with Crippen LogP contribution in [0.2, 0.25) is 0 Å². The predicted molar refractivity (Wildman–Crippen MR) is 85.4 cm³/mol. The lowest BCUT2D eigenvalue weighted by atomic mass is 10.2. The van der Waals surface area contributed by atoms with E-state index in [1.165, 1.54) is 6.20 Å². The second-order valence-corrected chi connectivity index (χ2v) is 4.92. The molecule has 0 unspecified atom stereocenters. The molecule has 2 rings (SSSR count). The molecule has 2 aromatic rings. The summed E-state index contributed by atoms with van der Waals surface area (Å²) in [5.41, 5.74) is 1.13. The number of aromatic nitrogens is 3. The Morgan fingerprint density at radius 3 is 2.83 bits per heavy atom. The molecule has 2 heterocycles. The van der Waals surface area contributed by atoms with Gasteiger partial charge in [-0.3, -0.25) is 4.90 Å². The van der Waals surface area contributed by atoms with Crippen molar-refractivity contribution in [3.05, 3.63) is 41.9 Å². The van der Waals surface area contributed by atoms with Gasteiger partial charge in [0.15, 0.2) is 5.82 Å². The fourth-order valence-electron chi connectivity index (χ4n) is 2.28. The van der Waals surface area contributed by atoms with Gasteiger partial charge in [0.2, 0.25) is 0 Å². The molecular formula is C16H22N4O3. The molecule has 0 amide bonds. The van der Waals surface area contributed by atoms with Gasteiger partial charge in [-0.2, -0.15) is 5.10 Å². The Morgan fingerprint density at radius 1 is 1.39 bits per heavy atom. The van der Waals surface area contributed by atoms with Crippen LogP contribution in [0.15, 0.2) is 30.6 Å². The molecule has 2 aromatic heterocycles. The summed E-state index contributed by atoms with van der Waals surface area (Å²) in [6.07, 6.45) is 3.19. The van der Waals surface area contributed by atoms with E-state index >= 15 is 0 Å². The summed E-state index contributed by atoms with van der Waals surface area (Å²) in [5.74, 6) is 0.239. The maximum atomic E-state index is 12.2. The van der Waals surface area contributed by atoms with Gasteiger partial charge >= 0.3 is 5.97 Å². The van der Waals surface area contributed by atoms with Crippen LogP contribution in [0.25, 0.3) is 5.82 Å². The van der Waals surface area contributed by atoms with Crippen LogP contribution < -0.4 is 0 Å². The number of aliphatic hydroxyl groups is 1. The molecule has 0 saturated carbocycles. The number of esters is 1. The van der Waals surface area contributed by atoms with Gasteiger partial charge in [0.1, 0.15) is 5.56 Å². The Bertz CT molecular complexity index is 628. The van der Waals surface area contributed by atoms with Crippen LogP contribution in [-0.4, -0.2) is 57.0 Å². The number of ether oxygens (including phenoxy) is 1. The van der Waals surface area contributed by atoms with Gasteiger partial charge in [0.05, 0.1) is 25.1 Å². The van der Waals surface area contributed by atoms with Crippen molar-refractivity contribution in [1.29, 1.82) is 0 Å². The van der Waals surface area contributed by atoms with Gasteiger partial charge in [-0.1, -0.05) is 13.0 Å². The minimum Gasteiger partial charge on any atom is -0.462 e. The molecule has 0 aliphatic heterocycles. The summed E-state index contributed by atoms with van der Waals surface area (Å²) < 4.78 is 6.76. The number of carbonyl (C=O) groups excluding carboxylic acids is 1. The maximum absolute atomic E-state index is 12.2. The maximum Gasteiger partial charge on any atom is 0.341 e. The van der Waals surface area contributed by atoms with Crippen molar-refractivity contribution in [3.8, 4) is 5.82 Å². The summed E-state index contributed by atoms with van der Waals surface area (Å²) in [4.78, 5) is 18.5. The zero-order valence-electron chi connectivity index (χ0n) is 13.5. The number of rotatable bonds is 8. The second kappa shape index (κ2) is 8.40. The van der Waals surface area contributed by atoms with Crippen LogP contribution in [0.5, 0.6) is 0 Å². The van der Waals surface area contributed by atoms with E-state index in [2.05, 4.69) is 10.1 Å². The average Bonchev–Trinajstić information content (AvgIpc) is 2.99. The summed E-state index contributed by atoms with van der Waals surface area (Å²) in [7, 11) is 0. The zero-order chi connectivity index (χ0) is 16.7. The minimum atomic E-state index is -0.398. The van der Waals surface area contributed by atoms with E-state index in [4.69, 9.17) is 4.74 Å². The Morgan fingerprint density at radius 2 is 2.22 bits per heavy atom. The Hall–Kier alpha value is -2.25. The van der Waals surface area contributed by atoms with Crippen molar-refractivity contribution in [1.82, 2.24) is 19.7 Å². The topological polar surface area (TPSA) is 80.5 Å². The molecule has 23 heavy (non-hydrogen) atoms. The first-order chi connectivity index (χ1) is 11.2. The minimum absolute atomic E-state index is 0.0559. The molecule has 0 saturated heterocycles. The Labute approximate surface area is 135 Å². The van der Waals surface area contributed by atoms with E-state index in [1.807, 2.05) is 30.0 Å². The van der Waals surface area contributed by atoms with Crippen LogP contribution in [0, 0.1) is 0 Å². The highest BCUT2D eigenvalue weighted by atomic mass is 16.5. The van der Waals surface area contributed by atoms with Crippen LogP contribution in [-0.2, 0) is 11.3 Å². The first-order valence-corrected chi connectivity index (χ1v) is 7.69. The van der Waals surface area contributed by atoms with E-state index in [9.17, 15) is 9.90 Å². The van der Waals surface area contributed by atoms with Crippen LogP contribution in [0.3, 0.4) is 0 Å². The SMILES string of the molecule is CCOC(=O)c1cnn(-c2ccccn2)c1CN(CC)CCO. The Balaban J connectivity index is 2.40. The lowest BCUT2D eigenvalue weighted by Crippen LogP contribution is -2.28.